The largest absolute Gasteiger partial charge is 0.480 e. The summed E-state index contributed by atoms with van der Waals surface area (Å²) in [6.07, 6.45) is 0. The minimum absolute atomic E-state index is 0.270. The number of thioether (sulfide) groups is 1. The van der Waals surface area contributed by atoms with Gasteiger partial charge in [0.1, 0.15) is 11.9 Å². The number of hydrogen-bond acceptors (Lipinski definition) is 3. The Labute approximate surface area is 115 Å². The van der Waals surface area contributed by atoms with Crippen molar-refractivity contribution >= 4 is 23.6 Å². The van der Waals surface area contributed by atoms with Gasteiger partial charge in [0.15, 0.2) is 0 Å². The summed E-state index contributed by atoms with van der Waals surface area (Å²) in [6.45, 7) is 3.09. The number of halogens is 1. The van der Waals surface area contributed by atoms with E-state index in [0.717, 1.165) is 11.1 Å². The number of amides is 1. The number of rotatable bonds is 6. The van der Waals surface area contributed by atoms with Gasteiger partial charge < -0.3 is 10.4 Å². The van der Waals surface area contributed by atoms with Crippen molar-refractivity contribution in [1.29, 1.82) is 0 Å². The highest BCUT2D eigenvalue weighted by Crippen LogP contribution is 2.18. The van der Waals surface area contributed by atoms with Crippen molar-refractivity contribution in [2.24, 2.45) is 0 Å². The molecule has 6 heteroatoms. The second kappa shape index (κ2) is 7.13. The molecule has 1 aromatic rings. The van der Waals surface area contributed by atoms with Gasteiger partial charge in [-0.2, -0.15) is 11.8 Å². The van der Waals surface area contributed by atoms with Crippen molar-refractivity contribution in [1.82, 2.24) is 5.32 Å². The molecule has 0 unspecified atom stereocenters. The number of carboxylic acid groups (broad SMARTS) is 1. The number of aliphatic carboxylic acids is 1. The Morgan fingerprint density at radius 1 is 1.47 bits per heavy atom. The maximum absolute atomic E-state index is 12.9. The lowest BCUT2D eigenvalue weighted by molar-refractivity contribution is -0.140. The summed E-state index contributed by atoms with van der Waals surface area (Å²) >= 11 is 1.39. The van der Waals surface area contributed by atoms with E-state index in [4.69, 9.17) is 5.11 Å². The molecule has 1 atom stereocenters. The summed E-state index contributed by atoms with van der Waals surface area (Å²) in [7, 11) is 0. The molecule has 0 spiro atoms. The molecular weight excluding hydrogens is 269 g/mol. The zero-order valence-electron chi connectivity index (χ0n) is 10.8. The van der Waals surface area contributed by atoms with Crippen molar-refractivity contribution in [2.45, 2.75) is 25.6 Å². The fourth-order valence-electron chi connectivity index (χ4n) is 1.53. The molecule has 0 saturated heterocycles. The Morgan fingerprint density at radius 2 is 2.16 bits per heavy atom. The smallest absolute Gasteiger partial charge is 0.327 e. The lowest BCUT2D eigenvalue weighted by Gasteiger charge is -2.13. The van der Waals surface area contributed by atoms with E-state index >= 15 is 0 Å². The molecule has 0 aliphatic heterocycles. The summed E-state index contributed by atoms with van der Waals surface area (Å²) in [5, 5.41) is 11.3. The Hall–Kier alpha value is -1.56. The number of carbonyl (C=O) groups is 2. The molecule has 1 aromatic carbocycles. The van der Waals surface area contributed by atoms with E-state index in [1.54, 1.807) is 6.07 Å². The fourth-order valence-corrected chi connectivity index (χ4v) is 2.65. The molecule has 2 N–H and O–H groups in total. The van der Waals surface area contributed by atoms with Gasteiger partial charge in [0.05, 0.1) is 0 Å². The standard InChI is InChI=1S/C13H16FNO3S/c1-8-5-11(14)4-3-10(8)6-19-7-12(13(17)18)15-9(2)16/h3-5,12H,6-7H2,1-2H3,(H,15,16)(H,17,18)/t12-/m0/s1. The number of hydrogen-bond donors (Lipinski definition) is 2. The fraction of sp³-hybridized carbons (Fsp3) is 0.385. The maximum Gasteiger partial charge on any atom is 0.327 e. The van der Waals surface area contributed by atoms with Crippen LogP contribution in [-0.2, 0) is 15.3 Å². The molecule has 0 saturated carbocycles. The third kappa shape index (κ3) is 5.30. The molecule has 19 heavy (non-hydrogen) atoms. The van der Waals surface area contributed by atoms with Gasteiger partial charge in [0.25, 0.3) is 0 Å². The van der Waals surface area contributed by atoms with Crippen LogP contribution in [-0.4, -0.2) is 28.8 Å². The number of aryl methyl sites for hydroxylation is 1. The van der Waals surface area contributed by atoms with Crippen LogP contribution in [0.15, 0.2) is 18.2 Å². The van der Waals surface area contributed by atoms with E-state index in [9.17, 15) is 14.0 Å². The zero-order valence-corrected chi connectivity index (χ0v) is 11.6. The topological polar surface area (TPSA) is 66.4 Å². The lowest BCUT2D eigenvalue weighted by atomic mass is 10.1. The van der Waals surface area contributed by atoms with E-state index < -0.39 is 12.0 Å². The Balaban J connectivity index is 2.52. The van der Waals surface area contributed by atoms with Gasteiger partial charge in [-0.3, -0.25) is 4.79 Å². The van der Waals surface area contributed by atoms with Crippen LogP contribution < -0.4 is 5.32 Å². The van der Waals surface area contributed by atoms with E-state index in [0.29, 0.717) is 5.75 Å². The average molecular weight is 285 g/mol. The summed E-state index contributed by atoms with van der Waals surface area (Å²) in [5.74, 6) is -0.862. The van der Waals surface area contributed by atoms with E-state index in [-0.39, 0.29) is 17.5 Å². The average Bonchev–Trinajstić information content (AvgIpc) is 2.29. The minimum atomic E-state index is -1.06. The predicted molar refractivity (Wildman–Crippen MR) is 72.5 cm³/mol. The zero-order chi connectivity index (χ0) is 14.4. The molecule has 0 aliphatic rings. The van der Waals surface area contributed by atoms with Crippen molar-refractivity contribution in [3.8, 4) is 0 Å². The molecule has 1 rings (SSSR count). The van der Waals surface area contributed by atoms with E-state index in [2.05, 4.69) is 5.32 Å². The van der Waals surface area contributed by atoms with Gasteiger partial charge in [-0.25, -0.2) is 9.18 Å². The molecule has 0 fully saturated rings. The number of carbonyl (C=O) groups excluding carboxylic acids is 1. The molecule has 4 nitrogen and oxygen atoms in total. The van der Waals surface area contributed by atoms with Gasteiger partial charge in [-0.05, 0) is 30.2 Å². The second-order valence-corrected chi connectivity index (χ2v) is 5.21. The van der Waals surface area contributed by atoms with Crippen LogP contribution in [0.3, 0.4) is 0 Å². The van der Waals surface area contributed by atoms with Gasteiger partial charge in [0, 0.05) is 18.4 Å². The van der Waals surface area contributed by atoms with Crippen molar-refractivity contribution in [3.63, 3.8) is 0 Å². The normalized spacial score (nSPS) is 11.9. The Morgan fingerprint density at radius 3 is 2.68 bits per heavy atom. The van der Waals surface area contributed by atoms with Gasteiger partial charge >= 0.3 is 5.97 Å². The highest BCUT2D eigenvalue weighted by molar-refractivity contribution is 7.98. The van der Waals surface area contributed by atoms with Crippen molar-refractivity contribution in [2.75, 3.05) is 5.75 Å². The van der Waals surface area contributed by atoms with Crippen molar-refractivity contribution in [3.05, 3.63) is 35.1 Å². The highest BCUT2D eigenvalue weighted by Gasteiger charge is 2.18. The van der Waals surface area contributed by atoms with Gasteiger partial charge in [-0.1, -0.05) is 6.07 Å². The van der Waals surface area contributed by atoms with Crippen LogP contribution in [0.1, 0.15) is 18.1 Å². The quantitative estimate of drug-likeness (QED) is 0.838. The predicted octanol–water partition coefficient (Wildman–Crippen LogP) is 1.96. The van der Waals surface area contributed by atoms with E-state index in [1.807, 2.05) is 6.92 Å². The first-order chi connectivity index (χ1) is 8.90. The number of benzene rings is 1. The first-order valence-electron chi connectivity index (χ1n) is 5.73. The van der Waals surface area contributed by atoms with Crippen LogP contribution in [0.5, 0.6) is 0 Å². The monoisotopic (exact) mass is 285 g/mol. The minimum Gasteiger partial charge on any atom is -0.480 e. The molecule has 0 radical (unpaired) electrons. The molecule has 104 valence electrons. The van der Waals surface area contributed by atoms with Crippen LogP contribution >= 0.6 is 11.8 Å². The Bertz CT molecular complexity index is 479. The third-order valence-electron chi connectivity index (χ3n) is 2.52. The summed E-state index contributed by atoms with van der Waals surface area (Å²) in [5.41, 5.74) is 1.79. The SMILES string of the molecule is CC(=O)N[C@@H](CSCc1ccc(F)cc1C)C(=O)O. The number of carboxylic acids is 1. The van der Waals surface area contributed by atoms with Crippen molar-refractivity contribution < 1.29 is 19.1 Å². The molecular formula is C13H16FNO3S. The molecule has 0 aliphatic carbocycles. The lowest BCUT2D eigenvalue weighted by Crippen LogP contribution is -2.41. The van der Waals surface area contributed by atoms with Crippen LogP contribution in [0.25, 0.3) is 0 Å². The molecule has 0 heterocycles. The Kier molecular flexibility index (Phi) is 5.82. The molecule has 0 aromatic heterocycles. The third-order valence-corrected chi connectivity index (χ3v) is 3.61. The maximum atomic E-state index is 12.9. The second-order valence-electron chi connectivity index (χ2n) is 4.18. The summed E-state index contributed by atoms with van der Waals surface area (Å²) in [6, 6.07) is 3.61. The van der Waals surface area contributed by atoms with Gasteiger partial charge in [0.2, 0.25) is 5.91 Å². The molecule has 0 bridgehead atoms. The summed E-state index contributed by atoms with van der Waals surface area (Å²) in [4.78, 5) is 21.8. The first-order valence-corrected chi connectivity index (χ1v) is 6.88. The molecule has 1 amide bonds. The van der Waals surface area contributed by atoms with Crippen LogP contribution in [0, 0.1) is 12.7 Å². The van der Waals surface area contributed by atoms with Crippen LogP contribution in [0.2, 0.25) is 0 Å². The van der Waals surface area contributed by atoms with Crippen LogP contribution in [0.4, 0.5) is 4.39 Å². The highest BCUT2D eigenvalue weighted by atomic mass is 32.2. The van der Waals surface area contributed by atoms with Gasteiger partial charge in [-0.15, -0.1) is 0 Å². The first kappa shape index (κ1) is 15.5. The summed E-state index contributed by atoms with van der Waals surface area (Å²) < 4.78 is 12.9. The number of nitrogens with one attached hydrogen (secondary N) is 1. The van der Waals surface area contributed by atoms with E-state index in [1.165, 1.54) is 30.8 Å².